The highest BCUT2D eigenvalue weighted by atomic mass is 19.4. The Morgan fingerprint density at radius 2 is 1.92 bits per heavy atom. The van der Waals surface area contributed by atoms with Gasteiger partial charge >= 0.3 is 6.18 Å². The van der Waals surface area contributed by atoms with Gasteiger partial charge in [-0.05, 0) is 37.6 Å². The van der Waals surface area contributed by atoms with Crippen LogP contribution in [0.2, 0.25) is 0 Å². The highest BCUT2D eigenvalue weighted by Gasteiger charge is 2.44. The van der Waals surface area contributed by atoms with E-state index < -0.39 is 12.6 Å². The van der Waals surface area contributed by atoms with Crippen LogP contribution >= 0.6 is 0 Å². The second-order valence-corrected chi connectivity index (χ2v) is 6.99. The van der Waals surface area contributed by atoms with Gasteiger partial charge in [0, 0.05) is 29.3 Å². The highest BCUT2D eigenvalue weighted by Crippen LogP contribution is 2.42. The summed E-state index contributed by atoms with van der Waals surface area (Å²) >= 11 is 0. The Morgan fingerprint density at radius 1 is 1.17 bits per heavy atom. The van der Waals surface area contributed by atoms with Gasteiger partial charge in [-0.1, -0.05) is 12.1 Å². The zero-order valence-electron chi connectivity index (χ0n) is 13.2. The molecule has 0 unspecified atom stereocenters. The van der Waals surface area contributed by atoms with Crippen molar-refractivity contribution in [1.82, 2.24) is 15.5 Å². The fourth-order valence-electron chi connectivity index (χ4n) is 3.87. The smallest absolute Gasteiger partial charge is 0.353 e. The third-order valence-corrected chi connectivity index (χ3v) is 5.13. The topological polar surface area (TPSA) is 41.1 Å². The Bertz CT molecular complexity index is 745. The van der Waals surface area contributed by atoms with E-state index >= 15 is 0 Å². The molecule has 0 bridgehead atoms. The maximum Gasteiger partial charge on any atom is 0.393 e. The predicted molar refractivity (Wildman–Crippen MR) is 86.0 cm³/mol. The number of aromatic nitrogens is 2. The van der Waals surface area contributed by atoms with E-state index in [1.54, 1.807) is 18.3 Å². The minimum Gasteiger partial charge on any atom is -0.353 e. The van der Waals surface area contributed by atoms with Gasteiger partial charge in [0.2, 0.25) is 0 Å². The molecular weight excluding hydrogens is 317 g/mol. The van der Waals surface area contributed by atoms with Crippen LogP contribution in [0.3, 0.4) is 0 Å². The standard InChI is InChI=1S/C17H19F3N4/c18-17(19,20)8-12-1-2-13-9-22-23-15(14(13)7-12)24-10-16(11-24)3-5-21-6-4-16/h1-2,7,9,21H,3-6,8,10-11H2. The van der Waals surface area contributed by atoms with Gasteiger partial charge in [0.25, 0.3) is 0 Å². The largest absolute Gasteiger partial charge is 0.393 e. The fourth-order valence-corrected chi connectivity index (χ4v) is 3.87. The SMILES string of the molecule is FC(F)(F)Cc1ccc2cnnc(N3CC4(CCNCC4)C3)c2c1. The predicted octanol–water partition coefficient (Wildman–Crippen LogP) is 2.92. The maximum absolute atomic E-state index is 12.7. The number of alkyl halides is 3. The van der Waals surface area contributed by atoms with Crippen LogP contribution in [0.4, 0.5) is 19.0 Å². The van der Waals surface area contributed by atoms with Crippen molar-refractivity contribution >= 4 is 16.6 Å². The lowest BCUT2D eigenvalue weighted by Gasteiger charge is -2.53. The Hall–Kier alpha value is -1.89. The monoisotopic (exact) mass is 336 g/mol. The molecule has 0 radical (unpaired) electrons. The van der Waals surface area contributed by atoms with Gasteiger partial charge in [0.1, 0.15) is 0 Å². The summed E-state index contributed by atoms with van der Waals surface area (Å²) in [6.45, 7) is 3.88. The first-order valence-electron chi connectivity index (χ1n) is 8.21. The van der Waals surface area contributed by atoms with Crippen LogP contribution in [0.15, 0.2) is 24.4 Å². The van der Waals surface area contributed by atoms with Crippen molar-refractivity contribution in [2.45, 2.75) is 25.4 Å². The highest BCUT2D eigenvalue weighted by molar-refractivity contribution is 5.92. The molecule has 2 fully saturated rings. The summed E-state index contributed by atoms with van der Waals surface area (Å²) in [5.74, 6) is 0.709. The molecule has 7 heteroatoms. The van der Waals surface area contributed by atoms with Crippen LogP contribution in [0.5, 0.6) is 0 Å². The van der Waals surface area contributed by atoms with Crippen LogP contribution in [0.1, 0.15) is 18.4 Å². The zero-order valence-corrected chi connectivity index (χ0v) is 13.2. The van der Waals surface area contributed by atoms with Crippen LogP contribution in [0, 0.1) is 5.41 Å². The van der Waals surface area contributed by atoms with Crippen molar-refractivity contribution in [3.05, 3.63) is 30.0 Å². The number of nitrogens with one attached hydrogen (secondary N) is 1. The van der Waals surface area contributed by atoms with Gasteiger partial charge in [-0.2, -0.15) is 18.3 Å². The van der Waals surface area contributed by atoms with Crippen LogP contribution < -0.4 is 10.2 Å². The molecule has 1 N–H and O–H groups in total. The van der Waals surface area contributed by atoms with Crippen molar-refractivity contribution in [1.29, 1.82) is 0 Å². The Balaban J connectivity index is 1.62. The third kappa shape index (κ3) is 2.92. The summed E-state index contributed by atoms with van der Waals surface area (Å²) in [4.78, 5) is 2.15. The quantitative estimate of drug-likeness (QED) is 0.916. The molecule has 0 atom stereocenters. The molecule has 4 rings (SSSR count). The average molecular weight is 336 g/mol. The number of piperidine rings is 1. The minimum atomic E-state index is -4.20. The lowest BCUT2D eigenvalue weighted by Crippen LogP contribution is -2.60. The van der Waals surface area contributed by atoms with Crippen molar-refractivity contribution in [2.75, 3.05) is 31.1 Å². The van der Waals surface area contributed by atoms with Crippen molar-refractivity contribution in [3.8, 4) is 0 Å². The normalized spacial score (nSPS) is 20.4. The van der Waals surface area contributed by atoms with Crippen molar-refractivity contribution in [2.24, 2.45) is 5.41 Å². The molecule has 0 saturated carbocycles. The number of hydrogen-bond donors (Lipinski definition) is 1. The van der Waals surface area contributed by atoms with Gasteiger partial charge in [-0.3, -0.25) is 0 Å². The molecule has 0 amide bonds. The minimum absolute atomic E-state index is 0.265. The third-order valence-electron chi connectivity index (χ3n) is 5.13. The number of rotatable bonds is 2. The molecule has 1 aromatic heterocycles. The molecule has 128 valence electrons. The summed E-state index contributed by atoms with van der Waals surface area (Å²) in [5.41, 5.74) is 0.597. The first-order chi connectivity index (χ1) is 11.4. The molecule has 3 heterocycles. The Labute approximate surface area is 138 Å². The van der Waals surface area contributed by atoms with Crippen molar-refractivity contribution < 1.29 is 13.2 Å². The number of halogens is 3. The van der Waals surface area contributed by atoms with Crippen molar-refractivity contribution in [3.63, 3.8) is 0 Å². The summed E-state index contributed by atoms with van der Waals surface area (Å²) in [7, 11) is 0. The molecular formula is C17H19F3N4. The lowest BCUT2D eigenvalue weighted by molar-refractivity contribution is -0.127. The van der Waals surface area contributed by atoms with Gasteiger partial charge in [-0.25, -0.2) is 0 Å². The molecule has 2 aliphatic heterocycles. The summed E-state index contributed by atoms with van der Waals surface area (Å²) in [6.07, 6.45) is -1.23. The number of anilines is 1. The van der Waals surface area contributed by atoms with Crippen LogP contribution in [-0.2, 0) is 6.42 Å². The summed E-state index contributed by atoms with van der Waals surface area (Å²) in [5, 5.41) is 13.2. The van der Waals surface area contributed by atoms with E-state index in [1.807, 2.05) is 0 Å². The zero-order chi connectivity index (χ0) is 16.8. The van der Waals surface area contributed by atoms with E-state index in [9.17, 15) is 13.2 Å². The molecule has 24 heavy (non-hydrogen) atoms. The van der Waals surface area contributed by atoms with Gasteiger partial charge in [0.05, 0.1) is 12.6 Å². The Morgan fingerprint density at radius 3 is 2.62 bits per heavy atom. The lowest BCUT2D eigenvalue weighted by atomic mass is 9.72. The molecule has 2 aromatic rings. The number of nitrogens with zero attached hydrogens (tertiary/aromatic N) is 3. The summed E-state index contributed by atoms with van der Waals surface area (Å²) < 4.78 is 38.0. The molecule has 2 saturated heterocycles. The maximum atomic E-state index is 12.7. The van der Waals surface area contributed by atoms with Crippen LogP contribution in [0.25, 0.3) is 10.8 Å². The molecule has 0 aliphatic carbocycles. The van der Waals surface area contributed by atoms with E-state index in [1.165, 1.54) is 6.07 Å². The molecule has 1 aromatic carbocycles. The summed E-state index contributed by atoms with van der Waals surface area (Å²) in [6, 6.07) is 4.83. The van der Waals surface area contributed by atoms with Crippen LogP contribution in [-0.4, -0.2) is 42.6 Å². The molecule has 2 aliphatic rings. The number of benzene rings is 1. The van der Waals surface area contributed by atoms with E-state index in [0.717, 1.165) is 49.8 Å². The average Bonchev–Trinajstić information content (AvgIpc) is 2.51. The van der Waals surface area contributed by atoms with E-state index in [-0.39, 0.29) is 5.56 Å². The number of hydrogen-bond acceptors (Lipinski definition) is 4. The van der Waals surface area contributed by atoms with Gasteiger partial charge in [-0.15, -0.1) is 5.10 Å². The van der Waals surface area contributed by atoms with E-state index in [0.29, 0.717) is 11.2 Å². The fraction of sp³-hybridized carbons (Fsp3) is 0.529. The number of fused-ring (bicyclic) bond motifs is 1. The van der Waals surface area contributed by atoms with E-state index in [4.69, 9.17) is 0 Å². The first kappa shape index (κ1) is 15.6. The van der Waals surface area contributed by atoms with Gasteiger partial charge < -0.3 is 10.2 Å². The second kappa shape index (κ2) is 5.58. The van der Waals surface area contributed by atoms with Gasteiger partial charge in [0.15, 0.2) is 5.82 Å². The first-order valence-corrected chi connectivity index (χ1v) is 8.21. The van der Waals surface area contributed by atoms with E-state index in [2.05, 4.69) is 20.4 Å². The molecule has 1 spiro atoms. The Kier molecular flexibility index (Phi) is 3.63. The molecule has 4 nitrogen and oxygen atoms in total. The second-order valence-electron chi connectivity index (χ2n) is 6.99.